The monoisotopic (exact) mass is 190 g/mol. The van der Waals surface area contributed by atoms with Crippen molar-refractivity contribution in [1.29, 1.82) is 0 Å². The molecule has 0 bridgehead atoms. The van der Waals surface area contributed by atoms with Crippen LogP contribution >= 0.6 is 0 Å². The molecule has 0 amide bonds. The van der Waals surface area contributed by atoms with Gasteiger partial charge >= 0.3 is 0 Å². The molecular weight excluding hydrogens is 176 g/mol. The van der Waals surface area contributed by atoms with E-state index in [1.165, 1.54) is 6.26 Å². The second-order valence-electron chi connectivity index (χ2n) is 2.70. The first-order valence-electron chi connectivity index (χ1n) is 4.52. The molecule has 1 aromatic carbocycles. The molecule has 0 fully saturated rings. The highest BCUT2D eigenvalue weighted by Crippen LogP contribution is 2.00. The number of aliphatic hydroxyl groups excluding tert-OH is 1. The third-order valence-corrected chi connectivity index (χ3v) is 1.60. The standard InChI is InChI=1S/C12H14O2/c13-9-5-11-14-10-4-8-12-6-2-1-3-7-12/h1-8,11,13H,9-10H2/b8-4+,11-5+. The molecule has 1 N–H and O–H groups in total. The van der Waals surface area contributed by atoms with Crippen molar-refractivity contribution in [3.8, 4) is 0 Å². The van der Waals surface area contributed by atoms with Crippen LogP contribution in [0.15, 0.2) is 48.7 Å². The Hall–Kier alpha value is -1.54. The first-order chi connectivity index (χ1) is 6.93. The van der Waals surface area contributed by atoms with Gasteiger partial charge in [-0.3, -0.25) is 0 Å². The Kier molecular flexibility index (Phi) is 5.21. The summed E-state index contributed by atoms with van der Waals surface area (Å²) in [5, 5.41) is 8.42. The van der Waals surface area contributed by atoms with E-state index in [1.807, 2.05) is 42.5 Å². The van der Waals surface area contributed by atoms with Gasteiger partial charge in [0.15, 0.2) is 0 Å². The average Bonchev–Trinajstić information content (AvgIpc) is 2.25. The van der Waals surface area contributed by atoms with Crippen molar-refractivity contribution in [3.05, 3.63) is 54.3 Å². The van der Waals surface area contributed by atoms with Crippen LogP contribution in [0, 0.1) is 0 Å². The van der Waals surface area contributed by atoms with Crippen molar-refractivity contribution in [2.75, 3.05) is 13.2 Å². The van der Waals surface area contributed by atoms with E-state index in [-0.39, 0.29) is 6.61 Å². The average molecular weight is 190 g/mol. The predicted molar refractivity (Wildman–Crippen MR) is 57.7 cm³/mol. The zero-order valence-electron chi connectivity index (χ0n) is 7.97. The van der Waals surface area contributed by atoms with Gasteiger partial charge in [0.05, 0.1) is 12.9 Å². The molecule has 1 rings (SSSR count). The van der Waals surface area contributed by atoms with Crippen LogP contribution in [0.25, 0.3) is 6.08 Å². The molecule has 0 unspecified atom stereocenters. The van der Waals surface area contributed by atoms with Crippen molar-refractivity contribution in [2.45, 2.75) is 0 Å². The molecule has 0 spiro atoms. The second-order valence-corrected chi connectivity index (χ2v) is 2.70. The summed E-state index contributed by atoms with van der Waals surface area (Å²) in [7, 11) is 0. The van der Waals surface area contributed by atoms with E-state index in [1.54, 1.807) is 6.08 Å². The third-order valence-electron chi connectivity index (χ3n) is 1.60. The molecule has 0 aliphatic rings. The highest BCUT2D eigenvalue weighted by atomic mass is 16.5. The molecule has 0 radical (unpaired) electrons. The van der Waals surface area contributed by atoms with Gasteiger partial charge in [-0.1, -0.05) is 36.4 Å². The Labute approximate surface area is 84.1 Å². The fourth-order valence-corrected chi connectivity index (χ4v) is 0.971. The molecule has 74 valence electrons. The maximum atomic E-state index is 8.42. The molecule has 2 nitrogen and oxygen atoms in total. The van der Waals surface area contributed by atoms with Crippen LogP contribution in [0.4, 0.5) is 0 Å². The molecule has 0 aliphatic heterocycles. The van der Waals surface area contributed by atoms with Gasteiger partial charge in [0.1, 0.15) is 6.61 Å². The van der Waals surface area contributed by atoms with E-state index in [0.717, 1.165) is 5.56 Å². The van der Waals surface area contributed by atoms with Gasteiger partial charge in [0.25, 0.3) is 0 Å². The predicted octanol–water partition coefficient (Wildman–Crippen LogP) is 2.22. The zero-order valence-corrected chi connectivity index (χ0v) is 7.97. The summed E-state index contributed by atoms with van der Waals surface area (Å²) in [5.41, 5.74) is 1.15. The van der Waals surface area contributed by atoms with E-state index in [4.69, 9.17) is 9.84 Å². The topological polar surface area (TPSA) is 29.5 Å². The molecule has 0 saturated carbocycles. The molecule has 2 heteroatoms. The maximum absolute atomic E-state index is 8.42. The van der Waals surface area contributed by atoms with Gasteiger partial charge in [0, 0.05) is 0 Å². The van der Waals surface area contributed by atoms with Crippen LogP contribution < -0.4 is 0 Å². The minimum absolute atomic E-state index is 0.0163. The summed E-state index contributed by atoms with van der Waals surface area (Å²) >= 11 is 0. The van der Waals surface area contributed by atoms with Crippen molar-refractivity contribution in [1.82, 2.24) is 0 Å². The van der Waals surface area contributed by atoms with E-state index < -0.39 is 0 Å². The van der Waals surface area contributed by atoms with Gasteiger partial charge in [-0.15, -0.1) is 0 Å². The first-order valence-corrected chi connectivity index (χ1v) is 4.52. The smallest absolute Gasteiger partial charge is 0.106 e. The van der Waals surface area contributed by atoms with Crippen molar-refractivity contribution in [3.63, 3.8) is 0 Å². The fraction of sp³-hybridized carbons (Fsp3) is 0.167. The Morgan fingerprint density at radius 2 is 1.93 bits per heavy atom. The van der Waals surface area contributed by atoms with E-state index in [2.05, 4.69) is 0 Å². The second kappa shape index (κ2) is 6.92. The van der Waals surface area contributed by atoms with Gasteiger partial charge in [0.2, 0.25) is 0 Å². The van der Waals surface area contributed by atoms with Crippen molar-refractivity contribution >= 4 is 6.08 Å². The molecule has 0 heterocycles. The fourth-order valence-electron chi connectivity index (χ4n) is 0.971. The van der Waals surface area contributed by atoms with Gasteiger partial charge in [-0.05, 0) is 17.7 Å². The highest BCUT2D eigenvalue weighted by molar-refractivity contribution is 5.48. The van der Waals surface area contributed by atoms with Crippen LogP contribution in [-0.2, 0) is 4.74 Å². The summed E-state index contributed by atoms with van der Waals surface area (Å²) in [5.74, 6) is 0. The molecule has 1 aromatic rings. The summed E-state index contributed by atoms with van der Waals surface area (Å²) in [6.45, 7) is 0.536. The van der Waals surface area contributed by atoms with E-state index >= 15 is 0 Å². The number of rotatable bonds is 5. The molecule has 0 atom stereocenters. The maximum Gasteiger partial charge on any atom is 0.106 e. The number of hydrogen-bond acceptors (Lipinski definition) is 2. The lowest BCUT2D eigenvalue weighted by Gasteiger charge is -1.94. The Bertz CT molecular complexity index is 288. The minimum atomic E-state index is 0.0163. The number of ether oxygens (including phenoxy) is 1. The minimum Gasteiger partial charge on any atom is -0.497 e. The van der Waals surface area contributed by atoms with Crippen LogP contribution in [0.2, 0.25) is 0 Å². The van der Waals surface area contributed by atoms with E-state index in [0.29, 0.717) is 6.61 Å². The number of aliphatic hydroxyl groups is 1. The van der Waals surface area contributed by atoms with Gasteiger partial charge < -0.3 is 9.84 Å². The first kappa shape index (κ1) is 10.5. The van der Waals surface area contributed by atoms with Crippen LogP contribution in [-0.4, -0.2) is 18.3 Å². The molecule has 0 aliphatic carbocycles. The van der Waals surface area contributed by atoms with Crippen LogP contribution in [0.1, 0.15) is 5.56 Å². The lowest BCUT2D eigenvalue weighted by molar-refractivity contribution is 0.280. The summed E-state index contributed by atoms with van der Waals surface area (Å²) in [6, 6.07) is 10.0. The largest absolute Gasteiger partial charge is 0.497 e. The van der Waals surface area contributed by atoms with Crippen molar-refractivity contribution < 1.29 is 9.84 Å². The molecule has 0 saturated heterocycles. The lowest BCUT2D eigenvalue weighted by Crippen LogP contribution is -1.81. The van der Waals surface area contributed by atoms with Crippen LogP contribution in [0.5, 0.6) is 0 Å². The summed E-state index contributed by atoms with van der Waals surface area (Å²) < 4.78 is 5.07. The Balaban J connectivity index is 2.25. The Morgan fingerprint density at radius 1 is 1.14 bits per heavy atom. The quantitative estimate of drug-likeness (QED) is 0.570. The highest BCUT2D eigenvalue weighted by Gasteiger charge is 1.81. The lowest BCUT2D eigenvalue weighted by atomic mass is 10.2. The number of hydrogen-bond donors (Lipinski definition) is 1. The normalized spacial score (nSPS) is 11.2. The summed E-state index contributed by atoms with van der Waals surface area (Å²) in [6.07, 6.45) is 6.97. The third kappa shape index (κ3) is 4.48. The number of benzene rings is 1. The summed E-state index contributed by atoms with van der Waals surface area (Å²) in [4.78, 5) is 0. The molecular formula is C12H14O2. The zero-order chi connectivity index (χ0) is 10.1. The van der Waals surface area contributed by atoms with Gasteiger partial charge in [-0.2, -0.15) is 0 Å². The van der Waals surface area contributed by atoms with Crippen LogP contribution in [0.3, 0.4) is 0 Å². The molecule has 14 heavy (non-hydrogen) atoms. The SMILES string of the molecule is OC/C=C/OC/C=C/c1ccccc1. The van der Waals surface area contributed by atoms with E-state index in [9.17, 15) is 0 Å². The Morgan fingerprint density at radius 3 is 2.64 bits per heavy atom. The van der Waals surface area contributed by atoms with Gasteiger partial charge in [-0.25, -0.2) is 0 Å². The molecule has 0 aromatic heterocycles. The van der Waals surface area contributed by atoms with Crippen molar-refractivity contribution in [2.24, 2.45) is 0 Å².